The monoisotopic (exact) mass is 386 g/mol. The number of anilines is 1. The number of rotatable bonds is 5. The summed E-state index contributed by atoms with van der Waals surface area (Å²) in [5.74, 6) is 0.526. The summed E-state index contributed by atoms with van der Waals surface area (Å²) >= 11 is 0. The third-order valence-electron chi connectivity index (χ3n) is 5.85. The zero-order valence-electron chi connectivity index (χ0n) is 16.3. The average molecular weight is 386 g/mol. The third kappa shape index (κ3) is 5.47. The van der Waals surface area contributed by atoms with Gasteiger partial charge in [-0.15, -0.1) is 0 Å². The van der Waals surface area contributed by atoms with Crippen LogP contribution in [0.15, 0.2) is 30.3 Å². The van der Waals surface area contributed by atoms with Crippen molar-refractivity contribution in [1.29, 1.82) is 0 Å². The molecule has 0 bridgehead atoms. The highest BCUT2D eigenvalue weighted by Gasteiger charge is 2.32. The van der Waals surface area contributed by atoms with Crippen LogP contribution < -0.4 is 11.1 Å². The molecule has 28 heavy (non-hydrogen) atoms. The lowest BCUT2D eigenvalue weighted by Crippen LogP contribution is -2.49. The van der Waals surface area contributed by atoms with E-state index >= 15 is 0 Å². The molecule has 1 aromatic rings. The van der Waals surface area contributed by atoms with Crippen molar-refractivity contribution >= 4 is 23.5 Å². The number of nitrogens with zero attached hydrogens (tertiary/aromatic N) is 2. The molecule has 3 N–H and O–H groups in total. The highest BCUT2D eigenvalue weighted by Crippen LogP contribution is 2.25. The zero-order valence-corrected chi connectivity index (χ0v) is 16.3. The van der Waals surface area contributed by atoms with Gasteiger partial charge in [0.2, 0.25) is 11.8 Å². The molecule has 7 nitrogen and oxygen atoms in total. The van der Waals surface area contributed by atoms with Gasteiger partial charge in [-0.05, 0) is 50.2 Å². The number of nitrogens with one attached hydrogen (secondary N) is 1. The van der Waals surface area contributed by atoms with E-state index in [-0.39, 0.29) is 17.7 Å². The maximum absolute atomic E-state index is 12.8. The first-order valence-corrected chi connectivity index (χ1v) is 10.2. The second-order valence-corrected chi connectivity index (χ2v) is 7.84. The second-order valence-electron chi connectivity index (χ2n) is 7.84. The molecule has 152 valence electrons. The van der Waals surface area contributed by atoms with Gasteiger partial charge in [0.05, 0.1) is 5.92 Å². The van der Waals surface area contributed by atoms with Crippen LogP contribution in [0.3, 0.4) is 0 Å². The van der Waals surface area contributed by atoms with E-state index in [2.05, 4.69) is 5.32 Å². The maximum atomic E-state index is 12.8. The van der Waals surface area contributed by atoms with Gasteiger partial charge in [-0.1, -0.05) is 18.2 Å². The number of para-hydroxylation sites is 1. The summed E-state index contributed by atoms with van der Waals surface area (Å²) in [6.07, 6.45) is 4.85. The van der Waals surface area contributed by atoms with Gasteiger partial charge in [-0.2, -0.15) is 0 Å². The fourth-order valence-electron chi connectivity index (χ4n) is 4.16. The molecular weight excluding hydrogens is 356 g/mol. The summed E-state index contributed by atoms with van der Waals surface area (Å²) in [5.41, 5.74) is 6.19. The number of urea groups is 1. The van der Waals surface area contributed by atoms with Gasteiger partial charge in [-0.25, -0.2) is 4.79 Å². The molecule has 3 rings (SSSR count). The first-order valence-electron chi connectivity index (χ1n) is 10.2. The molecule has 1 aromatic carbocycles. The third-order valence-corrected chi connectivity index (χ3v) is 5.85. The van der Waals surface area contributed by atoms with Crippen LogP contribution in [0.1, 0.15) is 38.5 Å². The Balaban J connectivity index is 1.38. The Kier molecular flexibility index (Phi) is 6.90. The molecule has 0 spiro atoms. The number of nitrogens with two attached hydrogens (primary N) is 1. The molecule has 0 saturated carbocycles. The van der Waals surface area contributed by atoms with Crippen molar-refractivity contribution in [2.45, 2.75) is 38.5 Å². The van der Waals surface area contributed by atoms with E-state index in [4.69, 9.17) is 5.73 Å². The predicted octanol–water partition coefficient (Wildman–Crippen LogP) is 2.43. The van der Waals surface area contributed by atoms with E-state index in [1.54, 1.807) is 4.90 Å². The Morgan fingerprint density at radius 3 is 2.39 bits per heavy atom. The van der Waals surface area contributed by atoms with Crippen LogP contribution in [0.4, 0.5) is 10.5 Å². The highest BCUT2D eigenvalue weighted by molar-refractivity contribution is 5.90. The Bertz CT molecular complexity index is 686. The number of carbonyl (C=O) groups excluding carboxylic acids is 3. The standard InChI is InChI=1S/C21H30N4O3/c22-21(28)25-12-4-5-17(15-25)20(27)24-13-10-16(11-14-24)8-9-19(26)23-18-6-2-1-3-7-18/h1-3,6-7,16-17H,4-5,8-15H2,(H2,22,28)(H,23,26). The van der Waals surface area contributed by atoms with E-state index in [1.807, 2.05) is 35.2 Å². The van der Waals surface area contributed by atoms with Gasteiger partial charge < -0.3 is 20.9 Å². The predicted molar refractivity (Wildman–Crippen MR) is 107 cm³/mol. The van der Waals surface area contributed by atoms with Crippen molar-refractivity contribution in [2.24, 2.45) is 17.6 Å². The first-order chi connectivity index (χ1) is 13.5. The number of benzene rings is 1. The summed E-state index contributed by atoms with van der Waals surface area (Å²) in [6, 6.07) is 9.04. The summed E-state index contributed by atoms with van der Waals surface area (Å²) in [7, 11) is 0. The average Bonchev–Trinajstić information content (AvgIpc) is 2.73. The summed E-state index contributed by atoms with van der Waals surface area (Å²) < 4.78 is 0. The molecule has 0 radical (unpaired) electrons. The van der Waals surface area contributed by atoms with Crippen LogP contribution in [0, 0.1) is 11.8 Å². The Morgan fingerprint density at radius 2 is 1.71 bits per heavy atom. The van der Waals surface area contributed by atoms with E-state index in [1.165, 1.54) is 0 Å². The number of piperidine rings is 2. The van der Waals surface area contributed by atoms with E-state index < -0.39 is 6.03 Å². The molecule has 1 atom stereocenters. The Hall–Kier alpha value is -2.57. The topological polar surface area (TPSA) is 95.7 Å². The Morgan fingerprint density at radius 1 is 1.00 bits per heavy atom. The van der Waals surface area contributed by atoms with Crippen molar-refractivity contribution in [3.05, 3.63) is 30.3 Å². The van der Waals surface area contributed by atoms with E-state index in [0.717, 1.165) is 50.9 Å². The molecule has 0 aromatic heterocycles. The Labute approximate surface area is 166 Å². The fourth-order valence-corrected chi connectivity index (χ4v) is 4.16. The molecular formula is C21H30N4O3. The minimum absolute atomic E-state index is 0.0402. The maximum Gasteiger partial charge on any atom is 0.314 e. The van der Waals surface area contributed by atoms with Crippen molar-refractivity contribution < 1.29 is 14.4 Å². The second kappa shape index (κ2) is 9.57. The van der Waals surface area contributed by atoms with Crippen molar-refractivity contribution in [3.8, 4) is 0 Å². The minimum atomic E-state index is -0.440. The van der Waals surface area contributed by atoms with Gasteiger partial charge in [0.1, 0.15) is 0 Å². The van der Waals surface area contributed by atoms with E-state index in [9.17, 15) is 14.4 Å². The zero-order chi connectivity index (χ0) is 19.9. The quantitative estimate of drug-likeness (QED) is 0.813. The van der Waals surface area contributed by atoms with Crippen LogP contribution in [0.5, 0.6) is 0 Å². The lowest BCUT2D eigenvalue weighted by Gasteiger charge is -2.37. The molecule has 0 aliphatic carbocycles. The van der Waals surface area contributed by atoms with Gasteiger partial charge in [-0.3, -0.25) is 9.59 Å². The molecule has 4 amide bonds. The lowest BCUT2D eigenvalue weighted by atomic mass is 9.90. The van der Waals surface area contributed by atoms with Gasteiger partial charge in [0.25, 0.3) is 0 Å². The van der Waals surface area contributed by atoms with Crippen molar-refractivity contribution in [1.82, 2.24) is 9.80 Å². The molecule has 2 heterocycles. The van der Waals surface area contributed by atoms with Crippen LogP contribution in [0.25, 0.3) is 0 Å². The summed E-state index contributed by atoms with van der Waals surface area (Å²) in [4.78, 5) is 39.8. The number of carbonyl (C=O) groups is 3. The van der Waals surface area contributed by atoms with Crippen LogP contribution in [-0.4, -0.2) is 53.8 Å². The molecule has 2 aliphatic rings. The van der Waals surface area contributed by atoms with Crippen LogP contribution in [0.2, 0.25) is 0 Å². The largest absolute Gasteiger partial charge is 0.351 e. The SMILES string of the molecule is NC(=O)N1CCCC(C(=O)N2CCC(CCC(=O)Nc3ccccc3)CC2)C1. The van der Waals surface area contributed by atoms with Crippen LogP contribution >= 0.6 is 0 Å². The summed E-state index contributed by atoms with van der Waals surface area (Å²) in [6.45, 7) is 2.55. The number of hydrogen-bond acceptors (Lipinski definition) is 3. The number of primary amides is 1. The molecule has 2 fully saturated rings. The fraction of sp³-hybridized carbons (Fsp3) is 0.571. The number of amides is 4. The first kappa shape index (κ1) is 20.2. The highest BCUT2D eigenvalue weighted by atomic mass is 16.2. The van der Waals surface area contributed by atoms with E-state index in [0.29, 0.717) is 25.4 Å². The normalized spacial score (nSPS) is 20.6. The van der Waals surface area contributed by atoms with Crippen LogP contribution in [-0.2, 0) is 9.59 Å². The number of hydrogen-bond donors (Lipinski definition) is 2. The van der Waals surface area contributed by atoms with Gasteiger partial charge >= 0.3 is 6.03 Å². The summed E-state index contributed by atoms with van der Waals surface area (Å²) in [5, 5.41) is 2.92. The van der Waals surface area contributed by atoms with Gasteiger partial charge in [0, 0.05) is 38.3 Å². The molecule has 2 saturated heterocycles. The van der Waals surface area contributed by atoms with Crippen molar-refractivity contribution in [2.75, 3.05) is 31.5 Å². The van der Waals surface area contributed by atoms with Crippen molar-refractivity contribution in [3.63, 3.8) is 0 Å². The lowest BCUT2D eigenvalue weighted by molar-refractivity contribution is -0.138. The van der Waals surface area contributed by atoms with Gasteiger partial charge in [0.15, 0.2) is 0 Å². The smallest absolute Gasteiger partial charge is 0.314 e. The molecule has 7 heteroatoms. The molecule has 2 aliphatic heterocycles. The number of likely N-dealkylation sites (tertiary alicyclic amines) is 2. The molecule has 1 unspecified atom stereocenters. The minimum Gasteiger partial charge on any atom is -0.351 e.